The minimum Gasteiger partial charge on any atom is -0.310 e. The van der Waals surface area contributed by atoms with Gasteiger partial charge in [0.25, 0.3) is 0 Å². The van der Waals surface area contributed by atoms with E-state index in [1.165, 1.54) is 88.1 Å². The first-order valence-electron chi connectivity index (χ1n) is 24.2. The summed E-state index contributed by atoms with van der Waals surface area (Å²) in [7, 11) is 0. The lowest BCUT2D eigenvalue weighted by Gasteiger charge is -2.34. The van der Waals surface area contributed by atoms with Crippen molar-refractivity contribution in [2.75, 3.05) is 4.90 Å². The molecule has 0 fully saturated rings. The van der Waals surface area contributed by atoms with Crippen LogP contribution in [0.25, 0.3) is 77.2 Å². The highest BCUT2D eigenvalue weighted by Gasteiger charge is 2.46. The molecule has 0 bridgehead atoms. The Morgan fingerprint density at radius 3 is 1.23 bits per heavy atom. The quantitative estimate of drug-likeness (QED) is 0.148. The average Bonchev–Trinajstić information content (AvgIpc) is 4.06. The van der Waals surface area contributed by atoms with Gasteiger partial charge in [0.05, 0.1) is 27.5 Å². The third kappa shape index (κ3) is 6.01. The number of hydrogen-bond donors (Lipinski definition) is 0. The first kappa shape index (κ1) is 39.9. The molecule has 0 saturated carbocycles. The summed E-state index contributed by atoms with van der Waals surface area (Å²) in [5.74, 6) is 0. The lowest BCUT2D eigenvalue weighted by Crippen LogP contribution is -2.28. The van der Waals surface area contributed by atoms with Gasteiger partial charge in [-0.3, -0.25) is 0 Å². The third-order valence-electron chi connectivity index (χ3n) is 14.8. The minimum absolute atomic E-state index is 0.467. The van der Waals surface area contributed by atoms with Gasteiger partial charge in [-0.2, -0.15) is 0 Å². The highest BCUT2D eigenvalue weighted by Crippen LogP contribution is 2.57. The van der Waals surface area contributed by atoms with Crippen LogP contribution < -0.4 is 4.90 Å². The van der Waals surface area contributed by atoms with E-state index in [2.05, 4.69) is 287 Å². The molecule has 70 heavy (non-hydrogen) atoms. The maximum absolute atomic E-state index is 2.45. The molecule has 13 aromatic rings. The van der Waals surface area contributed by atoms with Crippen molar-refractivity contribution in [3.8, 4) is 33.6 Å². The molecule has 0 spiro atoms. The number of aromatic nitrogens is 2. The number of hydrogen-bond acceptors (Lipinski definition) is 1. The van der Waals surface area contributed by atoms with Crippen LogP contribution in [0.1, 0.15) is 22.3 Å². The van der Waals surface area contributed by atoms with Crippen LogP contribution in [0.5, 0.6) is 0 Å². The Morgan fingerprint density at radius 2 is 0.686 bits per heavy atom. The third-order valence-corrected chi connectivity index (χ3v) is 14.8. The molecule has 3 nitrogen and oxygen atoms in total. The maximum atomic E-state index is 2.45. The van der Waals surface area contributed by atoms with Crippen molar-refractivity contribution < 1.29 is 0 Å². The summed E-state index contributed by atoms with van der Waals surface area (Å²) >= 11 is 0. The summed E-state index contributed by atoms with van der Waals surface area (Å²) in [4.78, 5) is 2.43. The molecule has 14 rings (SSSR count). The average molecular weight is 892 g/mol. The van der Waals surface area contributed by atoms with Crippen LogP contribution in [0.4, 0.5) is 17.1 Å². The van der Waals surface area contributed by atoms with Crippen LogP contribution in [0.2, 0.25) is 0 Å². The summed E-state index contributed by atoms with van der Waals surface area (Å²) in [6.45, 7) is 0. The summed E-state index contributed by atoms with van der Waals surface area (Å²) in [6.07, 6.45) is 0. The lowest BCUT2D eigenvalue weighted by molar-refractivity contribution is 0.769. The second-order valence-corrected chi connectivity index (χ2v) is 18.4. The van der Waals surface area contributed by atoms with E-state index >= 15 is 0 Å². The van der Waals surface area contributed by atoms with Gasteiger partial charge in [-0.15, -0.1) is 0 Å². The van der Waals surface area contributed by atoms with Gasteiger partial charge in [-0.05, 0) is 136 Å². The molecule has 0 atom stereocenters. The van der Waals surface area contributed by atoms with Crippen molar-refractivity contribution in [2.45, 2.75) is 5.41 Å². The van der Waals surface area contributed by atoms with Crippen LogP contribution in [0, 0.1) is 0 Å². The highest BCUT2D eigenvalue weighted by molar-refractivity contribution is 6.12. The van der Waals surface area contributed by atoms with Crippen molar-refractivity contribution in [2.24, 2.45) is 0 Å². The van der Waals surface area contributed by atoms with Crippen LogP contribution in [0.3, 0.4) is 0 Å². The van der Waals surface area contributed by atoms with Crippen LogP contribution in [-0.2, 0) is 5.41 Å². The van der Waals surface area contributed by atoms with E-state index < -0.39 is 5.41 Å². The van der Waals surface area contributed by atoms with Gasteiger partial charge in [0.1, 0.15) is 0 Å². The first-order chi connectivity index (χ1) is 34.7. The van der Waals surface area contributed by atoms with E-state index in [1.54, 1.807) is 0 Å². The van der Waals surface area contributed by atoms with Crippen molar-refractivity contribution >= 4 is 60.7 Å². The second kappa shape index (κ2) is 16.0. The fraction of sp³-hybridized carbons (Fsp3) is 0.0149. The molecular weight excluding hydrogens is 847 g/mol. The number of rotatable bonds is 8. The van der Waals surface area contributed by atoms with E-state index in [1.807, 2.05) is 0 Å². The first-order valence-corrected chi connectivity index (χ1v) is 24.2. The summed E-state index contributed by atoms with van der Waals surface area (Å²) < 4.78 is 4.77. The van der Waals surface area contributed by atoms with Gasteiger partial charge in [0.15, 0.2) is 0 Å². The summed E-state index contributed by atoms with van der Waals surface area (Å²) in [5.41, 5.74) is 19.9. The van der Waals surface area contributed by atoms with Gasteiger partial charge >= 0.3 is 0 Å². The van der Waals surface area contributed by atoms with Crippen LogP contribution in [-0.4, -0.2) is 9.13 Å². The highest BCUT2D eigenvalue weighted by atomic mass is 15.1. The Bertz CT molecular complexity index is 3900. The molecule has 2 heterocycles. The molecule has 0 saturated heterocycles. The fourth-order valence-electron chi connectivity index (χ4n) is 11.8. The van der Waals surface area contributed by atoms with Crippen LogP contribution in [0.15, 0.2) is 273 Å². The standard InChI is InChI=1S/C67H45N3/c1-5-19-48(20-6-1)67(49-21-7-2-8-22-49)61-30-16-13-27-55(61)56-40-35-47(43-62(56)67)46-33-36-52(37-34-46)68(53-38-41-65-59(44-53)57-28-14-17-31-63(57)69(65)50-23-9-3-10-24-50)54-39-42-66-60(45-54)58-29-15-18-32-64(58)70(66)51-25-11-4-12-26-51/h1-45H. The fourth-order valence-corrected chi connectivity index (χ4v) is 11.8. The molecule has 11 aromatic carbocycles. The van der Waals surface area contributed by atoms with Crippen LogP contribution >= 0.6 is 0 Å². The van der Waals surface area contributed by atoms with Gasteiger partial charge in [-0.1, -0.05) is 182 Å². The van der Waals surface area contributed by atoms with Gasteiger partial charge in [0, 0.05) is 50.0 Å². The molecule has 3 heteroatoms. The number of benzene rings is 11. The molecule has 0 N–H and O–H groups in total. The number of nitrogens with zero attached hydrogens (tertiary/aromatic N) is 3. The van der Waals surface area contributed by atoms with E-state index in [-0.39, 0.29) is 0 Å². The van der Waals surface area contributed by atoms with E-state index in [0.717, 1.165) is 28.4 Å². The Labute approximate surface area is 407 Å². The zero-order chi connectivity index (χ0) is 46.2. The Hall–Kier alpha value is -9.18. The normalized spacial score (nSPS) is 12.7. The molecule has 2 aromatic heterocycles. The molecule has 0 aliphatic heterocycles. The topological polar surface area (TPSA) is 13.1 Å². The smallest absolute Gasteiger partial charge is 0.0713 e. The number of para-hydroxylation sites is 4. The van der Waals surface area contributed by atoms with Gasteiger partial charge in [0.2, 0.25) is 0 Å². The molecule has 0 radical (unpaired) electrons. The Balaban J connectivity index is 0.949. The van der Waals surface area contributed by atoms with Crippen molar-refractivity contribution in [1.29, 1.82) is 0 Å². The summed E-state index contributed by atoms with van der Waals surface area (Å²) in [6, 6.07) is 100. The van der Waals surface area contributed by atoms with Gasteiger partial charge < -0.3 is 14.0 Å². The molecule has 328 valence electrons. The monoisotopic (exact) mass is 891 g/mol. The predicted octanol–water partition coefficient (Wildman–Crippen LogP) is 17.4. The van der Waals surface area contributed by atoms with Gasteiger partial charge in [-0.25, -0.2) is 0 Å². The molecule has 1 aliphatic carbocycles. The van der Waals surface area contributed by atoms with E-state index in [9.17, 15) is 0 Å². The Morgan fingerprint density at radius 1 is 0.271 bits per heavy atom. The molecule has 0 unspecified atom stereocenters. The SMILES string of the molecule is c1ccc(-n2c3ccccc3c3cc(N(c4ccc(-c5ccc6c(c5)C(c5ccccc5)(c5ccccc5)c5ccccc5-6)cc4)c4ccc5c(c4)c4ccccc4n5-c4ccccc4)ccc32)cc1. The van der Waals surface area contributed by atoms with Crippen molar-refractivity contribution in [3.63, 3.8) is 0 Å². The largest absolute Gasteiger partial charge is 0.310 e. The maximum Gasteiger partial charge on any atom is 0.0713 e. The Kier molecular flexibility index (Phi) is 9.11. The minimum atomic E-state index is -0.467. The van der Waals surface area contributed by atoms with Crippen molar-refractivity contribution in [1.82, 2.24) is 9.13 Å². The van der Waals surface area contributed by atoms with E-state index in [0.29, 0.717) is 0 Å². The number of fused-ring (bicyclic) bond motifs is 9. The zero-order valence-corrected chi connectivity index (χ0v) is 38.3. The molecule has 0 amide bonds. The zero-order valence-electron chi connectivity index (χ0n) is 38.3. The molecular formula is C67H45N3. The second-order valence-electron chi connectivity index (χ2n) is 18.4. The van der Waals surface area contributed by atoms with E-state index in [4.69, 9.17) is 0 Å². The summed E-state index contributed by atoms with van der Waals surface area (Å²) in [5, 5.41) is 4.86. The predicted molar refractivity (Wildman–Crippen MR) is 293 cm³/mol. The number of anilines is 3. The molecule has 1 aliphatic rings. The lowest BCUT2D eigenvalue weighted by atomic mass is 9.67. The van der Waals surface area contributed by atoms with Crippen molar-refractivity contribution in [3.05, 3.63) is 295 Å².